The topological polar surface area (TPSA) is 107 Å². The summed E-state index contributed by atoms with van der Waals surface area (Å²) < 4.78 is 9.93. The third-order valence-corrected chi connectivity index (χ3v) is 4.18. The van der Waals surface area contributed by atoms with Crippen LogP contribution in [0.3, 0.4) is 0 Å². The summed E-state index contributed by atoms with van der Waals surface area (Å²) in [7, 11) is 1.50. The minimum absolute atomic E-state index is 0.251. The monoisotopic (exact) mass is 407 g/mol. The largest absolute Gasteiger partial charge is 0.452 e. The van der Waals surface area contributed by atoms with Gasteiger partial charge < -0.3 is 14.8 Å². The van der Waals surface area contributed by atoms with Gasteiger partial charge in [0.05, 0.1) is 23.4 Å². The fourth-order valence-corrected chi connectivity index (χ4v) is 2.78. The van der Waals surface area contributed by atoms with E-state index in [2.05, 4.69) is 15.6 Å². The molecule has 30 heavy (non-hydrogen) atoms. The van der Waals surface area contributed by atoms with E-state index in [-0.39, 0.29) is 12.1 Å². The molecule has 1 heterocycles. The van der Waals surface area contributed by atoms with E-state index in [1.165, 1.54) is 7.11 Å². The molecule has 154 valence electrons. The fourth-order valence-electron chi connectivity index (χ4n) is 2.78. The Hall–Kier alpha value is -3.78. The summed E-state index contributed by atoms with van der Waals surface area (Å²) in [5.74, 6) is -1.42. The normalized spacial score (nSPS) is 10.4. The quantitative estimate of drug-likeness (QED) is 0.460. The van der Waals surface area contributed by atoms with Gasteiger partial charge in [-0.15, -0.1) is 0 Å². The molecule has 8 nitrogen and oxygen atoms in total. The number of carbonyl (C=O) groups excluding carboxylic acids is 3. The maximum Gasteiger partial charge on any atom is 0.339 e. The highest BCUT2D eigenvalue weighted by Gasteiger charge is 2.17. The van der Waals surface area contributed by atoms with E-state index in [4.69, 9.17) is 9.47 Å². The number of fused-ring (bicyclic) bond motifs is 1. The Morgan fingerprint density at radius 2 is 1.73 bits per heavy atom. The maximum absolute atomic E-state index is 12.7. The predicted molar refractivity (Wildman–Crippen MR) is 111 cm³/mol. The lowest BCUT2D eigenvalue weighted by atomic mass is 10.0. The molecule has 0 spiro atoms. The van der Waals surface area contributed by atoms with Gasteiger partial charge in [0.2, 0.25) is 0 Å². The lowest BCUT2D eigenvalue weighted by Gasteiger charge is -2.10. The molecule has 0 fully saturated rings. The fraction of sp³-hybridized carbons (Fsp3) is 0.182. The number of urea groups is 1. The molecular weight excluding hydrogens is 386 g/mol. The second-order valence-electron chi connectivity index (χ2n) is 6.31. The minimum atomic E-state index is -0.736. The van der Waals surface area contributed by atoms with Gasteiger partial charge >= 0.3 is 12.0 Å². The van der Waals surface area contributed by atoms with Crippen LogP contribution < -0.4 is 10.6 Å². The van der Waals surface area contributed by atoms with Crippen LogP contribution in [-0.4, -0.2) is 49.8 Å². The molecule has 2 aromatic carbocycles. The van der Waals surface area contributed by atoms with Crippen molar-refractivity contribution in [2.45, 2.75) is 0 Å². The summed E-state index contributed by atoms with van der Waals surface area (Å²) in [6, 6.07) is 17.6. The van der Waals surface area contributed by atoms with Gasteiger partial charge in [-0.05, 0) is 12.1 Å². The van der Waals surface area contributed by atoms with Crippen molar-refractivity contribution < 1.29 is 23.9 Å². The average molecular weight is 407 g/mol. The second kappa shape index (κ2) is 10.1. The van der Waals surface area contributed by atoms with Crippen LogP contribution in [-0.2, 0) is 14.3 Å². The van der Waals surface area contributed by atoms with Crippen molar-refractivity contribution in [1.29, 1.82) is 0 Å². The minimum Gasteiger partial charge on any atom is -0.452 e. The highest BCUT2D eigenvalue weighted by atomic mass is 16.5. The van der Waals surface area contributed by atoms with Crippen molar-refractivity contribution in [1.82, 2.24) is 15.6 Å². The van der Waals surface area contributed by atoms with E-state index in [1.54, 1.807) is 24.3 Å². The number of methoxy groups -OCH3 is 1. The van der Waals surface area contributed by atoms with Gasteiger partial charge in [-0.1, -0.05) is 48.5 Å². The summed E-state index contributed by atoms with van der Waals surface area (Å²) in [5, 5.41) is 5.14. The van der Waals surface area contributed by atoms with Crippen molar-refractivity contribution >= 4 is 28.8 Å². The number of pyridine rings is 1. The van der Waals surface area contributed by atoms with Gasteiger partial charge in [0.15, 0.2) is 6.61 Å². The molecular formula is C22H21N3O5. The van der Waals surface area contributed by atoms with E-state index in [1.807, 2.05) is 36.4 Å². The van der Waals surface area contributed by atoms with Crippen molar-refractivity contribution in [2.75, 3.05) is 26.9 Å². The highest BCUT2D eigenvalue weighted by Crippen LogP contribution is 2.25. The first-order valence-corrected chi connectivity index (χ1v) is 9.27. The Morgan fingerprint density at radius 3 is 2.50 bits per heavy atom. The Morgan fingerprint density at radius 1 is 1.00 bits per heavy atom. The Balaban J connectivity index is 1.73. The van der Waals surface area contributed by atoms with Crippen LogP contribution >= 0.6 is 0 Å². The molecule has 3 rings (SSSR count). The van der Waals surface area contributed by atoms with Crippen molar-refractivity contribution in [2.24, 2.45) is 0 Å². The molecule has 0 unspecified atom stereocenters. The summed E-state index contributed by atoms with van der Waals surface area (Å²) in [6.07, 6.45) is 0. The summed E-state index contributed by atoms with van der Waals surface area (Å²) in [4.78, 5) is 40.8. The second-order valence-corrected chi connectivity index (χ2v) is 6.31. The number of hydrogen-bond acceptors (Lipinski definition) is 6. The zero-order valence-corrected chi connectivity index (χ0v) is 16.4. The third kappa shape index (κ3) is 5.39. The number of nitrogens with one attached hydrogen (secondary N) is 2. The van der Waals surface area contributed by atoms with Crippen LogP contribution in [0.2, 0.25) is 0 Å². The van der Waals surface area contributed by atoms with Crippen LogP contribution in [0, 0.1) is 0 Å². The molecule has 0 aliphatic heterocycles. The molecule has 3 amide bonds. The van der Waals surface area contributed by atoms with Crippen LogP contribution in [0.15, 0.2) is 60.7 Å². The number of amides is 3. The number of esters is 1. The van der Waals surface area contributed by atoms with Gasteiger partial charge in [-0.25, -0.2) is 14.6 Å². The number of hydrogen-bond donors (Lipinski definition) is 2. The SMILES string of the molecule is COCCNC(=O)NC(=O)COC(=O)c1cc(-c2ccccc2)nc2ccccc12. The smallest absolute Gasteiger partial charge is 0.339 e. The van der Waals surface area contributed by atoms with Gasteiger partial charge in [-0.2, -0.15) is 0 Å². The first kappa shape index (κ1) is 20.9. The van der Waals surface area contributed by atoms with Crippen LogP contribution in [0.1, 0.15) is 10.4 Å². The van der Waals surface area contributed by atoms with Crippen molar-refractivity contribution in [3.05, 3.63) is 66.2 Å². The standard InChI is InChI=1S/C22H21N3O5/c1-29-12-11-23-22(28)25-20(26)14-30-21(27)17-13-19(15-7-3-2-4-8-15)24-18-10-6-5-9-16(17)18/h2-10,13H,11-12,14H2,1H3,(H2,23,25,26,28). The number of para-hydroxylation sites is 1. The number of aromatic nitrogens is 1. The Labute approximate surface area is 173 Å². The first-order chi connectivity index (χ1) is 14.6. The van der Waals surface area contributed by atoms with Crippen LogP contribution in [0.4, 0.5) is 4.79 Å². The van der Waals surface area contributed by atoms with E-state index >= 15 is 0 Å². The maximum atomic E-state index is 12.7. The average Bonchev–Trinajstić information content (AvgIpc) is 2.77. The zero-order valence-electron chi connectivity index (χ0n) is 16.4. The lowest BCUT2D eigenvalue weighted by Crippen LogP contribution is -2.42. The Kier molecular flexibility index (Phi) is 7.07. The summed E-state index contributed by atoms with van der Waals surface area (Å²) in [5.41, 5.74) is 2.38. The number of ether oxygens (including phenoxy) is 2. The first-order valence-electron chi connectivity index (χ1n) is 9.27. The number of rotatable bonds is 7. The molecule has 0 radical (unpaired) electrons. The molecule has 8 heteroatoms. The summed E-state index contributed by atoms with van der Waals surface area (Å²) in [6.45, 7) is -0.0238. The predicted octanol–water partition coefficient (Wildman–Crippen LogP) is 2.53. The van der Waals surface area contributed by atoms with Gasteiger partial charge in [0, 0.05) is 24.6 Å². The Bertz CT molecular complexity index is 1050. The van der Waals surface area contributed by atoms with Gasteiger partial charge in [0.1, 0.15) is 0 Å². The number of benzene rings is 2. The molecule has 1 aromatic heterocycles. The molecule has 0 aliphatic carbocycles. The molecule has 0 atom stereocenters. The van der Waals surface area contributed by atoms with Gasteiger partial charge in [0.25, 0.3) is 5.91 Å². The lowest BCUT2D eigenvalue weighted by molar-refractivity contribution is -0.123. The van der Waals surface area contributed by atoms with E-state index in [0.717, 1.165) is 5.56 Å². The van der Waals surface area contributed by atoms with Crippen molar-refractivity contribution in [3.8, 4) is 11.3 Å². The zero-order chi connectivity index (χ0) is 21.3. The molecule has 0 aliphatic rings. The van der Waals surface area contributed by atoms with E-state index < -0.39 is 24.5 Å². The summed E-state index contributed by atoms with van der Waals surface area (Å²) >= 11 is 0. The van der Waals surface area contributed by atoms with Crippen LogP contribution in [0.5, 0.6) is 0 Å². The van der Waals surface area contributed by atoms with E-state index in [9.17, 15) is 14.4 Å². The molecule has 3 aromatic rings. The van der Waals surface area contributed by atoms with E-state index in [0.29, 0.717) is 23.2 Å². The number of carbonyl (C=O) groups is 3. The molecule has 0 bridgehead atoms. The highest BCUT2D eigenvalue weighted by molar-refractivity contribution is 6.05. The molecule has 2 N–H and O–H groups in total. The van der Waals surface area contributed by atoms with Crippen molar-refractivity contribution in [3.63, 3.8) is 0 Å². The third-order valence-electron chi connectivity index (χ3n) is 4.18. The number of nitrogens with zero attached hydrogens (tertiary/aromatic N) is 1. The molecule has 0 saturated carbocycles. The van der Waals surface area contributed by atoms with Crippen LogP contribution in [0.25, 0.3) is 22.2 Å². The molecule has 0 saturated heterocycles. The number of imide groups is 1. The van der Waals surface area contributed by atoms with Gasteiger partial charge in [-0.3, -0.25) is 10.1 Å².